The monoisotopic (exact) mass is 231 g/mol. The van der Waals surface area contributed by atoms with Gasteiger partial charge >= 0.3 is 0 Å². The summed E-state index contributed by atoms with van der Waals surface area (Å²) in [5.74, 6) is 0. The van der Waals surface area contributed by atoms with Gasteiger partial charge in [0.25, 0.3) is 0 Å². The van der Waals surface area contributed by atoms with Crippen LogP contribution in [-0.2, 0) is 12.8 Å². The van der Waals surface area contributed by atoms with Gasteiger partial charge in [-0.15, -0.1) is 0 Å². The van der Waals surface area contributed by atoms with Crippen molar-refractivity contribution in [2.45, 2.75) is 58.3 Å². The first kappa shape index (κ1) is 12.5. The van der Waals surface area contributed by atoms with E-state index in [0.29, 0.717) is 0 Å². The molecule has 0 aromatic heterocycles. The number of hydrogen-bond donors (Lipinski definition) is 1. The first-order valence-corrected chi connectivity index (χ1v) is 7.26. The van der Waals surface area contributed by atoms with Crippen LogP contribution in [0.1, 0.15) is 56.6 Å². The van der Waals surface area contributed by atoms with Crippen molar-refractivity contribution in [3.8, 4) is 0 Å². The zero-order chi connectivity index (χ0) is 11.9. The molecular weight excluding hydrogens is 206 g/mol. The first-order chi connectivity index (χ1) is 8.40. The molecule has 1 aliphatic rings. The number of nitrogens with one attached hydrogen (secondary N) is 1. The maximum Gasteiger partial charge on any atom is 0.0373 e. The number of rotatable bonds is 7. The van der Waals surface area contributed by atoms with E-state index in [9.17, 15) is 0 Å². The Morgan fingerprint density at radius 2 is 1.88 bits per heavy atom. The van der Waals surface area contributed by atoms with Crippen molar-refractivity contribution >= 4 is 5.69 Å². The third kappa shape index (κ3) is 3.76. The SMILES string of the molecule is CCCCCCCCc1ccc2c(c1)CCN2. The summed E-state index contributed by atoms with van der Waals surface area (Å²) in [5.41, 5.74) is 4.41. The molecule has 0 aliphatic carbocycles. The molecule has 1 aliphatic heterocycles. The highest BCUT2D eigenvalue weighted by atomic mass is 14.9. The highest BCUT2D eigenvalue weighted by Gasteiger charge is 2.09. The van der Waals surface area contributed by atoms with Crippen molar-refractivity contribution in [1.82, 2.24) is 0 Å². The Morgan fingerprint density at radius 3 is 2.76 bits per heavy atom. The molecule has 0 saturated carbocycles. The molecule has 0 saturated heterocycles. The van der Waals surface area contributed by atoms with E-state index in [2.05, 4.69) is 30.4 Å². The number of aryl methyl sites for hydroxylation is 1. The number of anilines is 1. The molecule has 0 radical (unpaired) electrons. The Bertz CT molecular complexity index is 343. The van der Waals surface area contributed by atoms with Gasteiger partial charge < -0.3 is 5.32 Å². The second-order valence-corrected chi connectivity index (χ2v) is 5.19. The van der Waals surface area contributed by atoms with Gasteiger partial charge in [0.15, 0.2) is 0 Å². The summed E-state index contributed by atoms with van der Waals surface area (Å²) < 4.78 is 0. The lowest BCUT2D eigenvalue weighted by atomic mass is 10.0. The van der Waals surface area contributed by atoms with Gasteiger partial charge in [-0.25, -0.2) is 0 Å². The Morgan fingerprint density at radius 1 is 1.06 bits per heavy atom. The number of unbranched alkanes of at least 4 members (excludes halogenated alkanes) is 5. The summed E-state index contributed by atoms with van der Waals surface area (Å²) in [7, 11) is 0. The Labute approximate surface area is 106 Å². The molecule has 17 heavy (non-hydrogen) atoms. The van der Waals surface area contributed by atoms with E-state index in [-0.39, 0.29) is 0 Å². The molecule has 0 spiro atoms. The normalized spacial score (nSPS) is 13.5. The molecule has 0 amide bonds. The van der Waals surface area contributed by atoms with E-state index >= 15 is 0 Å². The fraction of sp³-hybridized carbons (Fsp3) is 0.625. The second-order valence-electron chi connectivity index (χ2n) is 5.19. The zero-order valence-corrected chi connectivity index (χ0v) is 11.1. The van der Waals surface area contributed by atoms with E-state index < -0.39 is 0 Å². The Hall–Kier alpha value is -0.980. The van der Waals surface area contributed by atoms with Crippen molar-refractivity contribution in [2.24, 2.45) is 0 Å². The van der Waals surface area contributed by atoms with Crippen LogP contribution in [0, 0.1) is 0 Å². The molecule has 1 nitrogen and oxygen atoms in total. The summed E-state index contributed by atoms with van der Waals surface area (Å²) in [6.45, 7) is 3.40. The summed E-state index contributed by atoms with van der Waals surface area (Å²) in [6.07, 6.45) is 10.8. The van der Waals surface area contributed by atoms with E-state index in [1.807, 2.05) is 0 Å². The number of benzene rings is 1. The quantitative estimate of drug-likeness (QED) is 0.678. The van der Waals surface area contributed by atoms with Crippen LogP contribution in [0.15, 0.2) is 18.2 Å². The molecule has 1 heteroatoms. The zero-order valence-electron chi connectivity index (χ0n) is 11.1. The molecule has 2 rings (SSSR count). The van der Waals surface area contributed by atoms with E-state index in [1.54, 1.807) is 0 Å². The number of hydrogen-bond acceptors (Lipinski definition) is 1. The van der Waals surface area contributed by atoms with Crippen LogP contribution in [0.5, 0.6) is 0 Å². The molecule has 0 unspecified atom stereocenters. The molecule has 1 heterocycles. The van der Waals surface area contributed by atoms with Crippen molar-refractivity contribution in [3.63, 3.8) is 0 Å². The van der Waals surface area contributed by atoms with Crippen LogP contribution in [0.3, 0.4) is 0 Å². The molecule has 1 N–H and O–H groups in total. The van der Waals surface area contributed by atoms with Crippen LogP contribution in [0.2, 0.25) is 0 Å². The summed E-state index contributed by atoms with van der Waals surface area (Å²) in [4.78, 5) is 0. The molecular formula is C16H25N. The fourth-order valence-corrected chi connectivity index (χ4v) is 2.62. The molecule has 0 atom stereocenters. The van der Waals surface area contributed by atoms with Gasteiger partial charge in [-0.3, -0.25) is 0 Å². The predicted octanol–water partition coefficient (Wildman–Crippen LogP) is 4.56. The third-order valence-corrected chi connectivity index (χ3v) is 3.70. The van der Waals surface area contributed by atoms with Crippen molar-refractivity contribution in [1.29, 1.82) is 0 Å². The lowest BCUT2D eigenvalue weighted by Crippen LogP contribution is -1.90. The lowest BCUT2D eigenvalue weighted by molar-refractivity contribution is 0.607. The highest BCUT2D eigenvalue weighted by Crippen LogP contribution is 2.23. The van der Waals surface area contributed by atoms with Crippen LogP contribution in [0.4, 0.5) is 5.69 Å². The average Bonchev–Trinajstić information content (AvgIpc) is 2.81. The van der Waals surface area contributed by atoms with E-state index in [0.717, 1.165) is 6.54 Å². The molecule has 0 fully saturated rings. The second kappa shape index (κ2) is 6.68. The minimum Gasteiger partial charge on any atom is -0.384 e. The fourth-order valence-electron chi connectivity index (χ4n) is 2.62. The maximum absolute atomic E-state index is 3.42. The minimum atomic E-state index is 1.12. The van der Waals surface area contributed by atoms with Gasteiger partial charge in [0.1, 0.15) is 0 Å². The minimum absolute atomic E-state index is 1.12. The van der Waals surface area contributed by atoms with E-state index in [4.69, 9.17) is 0 Å². The third-order valence-electron chi connectivity index (χ3n) is 3.70. The van der Waals surface area contributed by atoms with Gasteiger partial charge in [-0.1, -0.05) is 51.2 Å². The molecule has 0 bridgehead atoms. The van der Waals surface area contributed by atoms with Gasteiger partial charge in [0.05, 0.1) is 0 Å². The summed E-state index contributed by atoms with van der Waals surface area (Å²) in [6, 6.07) is 6.96. The van der Waals surface area contributed by atoms with Crippen LogP contribution in [-0.4, -0.2) is 6.54 Å². The van der Waals surface area contributed by atoms with Gasteiger partial charge in [-0.2, -0.15) is 0 Å². The van der Waals surface area contributed by atoms with E-state index in [1.165, 1.54) is 68.2 Å². The Balaban J connectivity index is 1.69. The molecule has 1 aromatic rings. The average molecular weight is 231 g/mol. The highest BCUT2D eigenvalue weighted by molar-refractivity contribution is 5.56. The Kier molecular flexibility index (Phi) is 4.90. The topological polar surface area (TPSA) is 12.0 Å². The molecule has 1 aromatic carbocycles. The van der Waals surface area contributed by atoms with Crippen LogP contribution in [0.25, 0.3) is 0 Å². The van der Waals surface area contributed by atoms with Gasteiger partial charge in [-0.05, 0) is 36.5 Å². The summed E-state index contributed by atoms with van der Waals surface area (Å²) >= 11 is 0. The van der Waals surface area contributed by atoms with Crippen molar-refractivity contribution in [2.75, 3.05) is 11.9 Å². The van der Waals surface area contributed by atoms with Gasteiger partial charge in [0, 0.05) is 12.2 Å². The van der Waals surface area contributed by atoms with Crippen LogP contribution >= 0.6 is 0 Å². The lowest BCUT2D eigenvalue weighted by Gasteiger charge is -2.05. The number of fused-ring (bicyclic) bond motifs is 1. The summed E-state index contributed by atoms with van der Waals surface area (Å²) in [5, 5.41) is 3.42. The molecule has 94 valence electrons. The smallest absolute Gasteiger partial charge is 0.0373 e. The predicted molar refractivity (Wildman–Crippen MR) is 75.7 cm³/mol. The maximum atomic E-state index is 3.42. The first-order valence-electron chi connectivity index (χ1n) is 7.26. The standard InChI is InChI=1S/C16H25N/c1-2-3-4-5-6-7-8-14-9-10-16-15(13-14)11-12-17-16/h9-10,13,17H,2-8,11-12H2,1H3. The van der Waals surface area contributed by atoms with Crippen molar-refractivity contribution < 1.29 is 0 Å². The van der Waals surface area contributed by atoms with Crippen LogP contribution < -0.4 is 5.32 Å². The van der Waals surface area contributed by atoms with Crippen molar-refractivity contribution in [3.05, 3.63) is 29.3 Å². The van der Waals surface area contributed by atoms with Gasteiger partial charge in [0.2, 0.25) is 0 Å². The largest absolute Gasteiger partial charge is 0.384 e.